The maximum Gasteiger partial charge on any atom is 0.0988 e. The molecule has 2 nitrogen and oxygen atoms in total. The van der Waals surface area contributed by atoms with E-state index in [1.807, 2.05) is 7.05 Å². The molecule has 0 saturated carbocycles. The van der Waals surface area contributed by atoms with Gasteiger partial charge in [-0.15, -0.1) is 0 Å². The summed E-state index contributed by atoms with van der Waals surface area (Å²) in [6, 6.07) is 0. The first kappa shape index (κ1) is 9.56. The molecule has 1 rings (SSSR count). The van der Waals surface area contributed by atoms with Crippen LogP contribution in [0.25, 0.3) is 0 Å². The van der Waals surface area contributed by atoms with Crippen molar-refractivity contribution in [2.45, 2.75) is 33.1 Å². The van der Waals surface area contributed by atoms with Crippen molar-refractivity contribution in [3.8, 4) is 0 Å². The van der Waals surface area contributed by atoms with E-state index in [4.69, 9.17) is 0 Å². The Morgan fingerprint density at radius 2 is 2.08 bits per heavy atom. The Hall–Kier alpha value is -0.530. The van der Waals surface area contributed by atoms with Crippen LogP contribution in [0.15, 0.2) is 4.99 Å². The molecule has 0 aromatic carbocycles. The van der Waals surface area contributed by atoms with Crippen molar-refractivity contribution in [2.24, 2.45) is 10.4 Å². The number of nitrogens with zero attached hydrogens (tertiary/aromatic N) is 2. The molecule has 1 fully saturated rings. The van der Waals surface area contributed by atoms with Crippen LogP contribution in [0, 0.1) is 5.41 Å². The molecule has 0 bridgehead atoms. The van der Waals surface area contributed by atoms with Gasteiger partial charge < -0.3 is 4.90 Å². The van der Waals surface area contributed by atoms with Crippen LogP contribution in [0.5, 0.6) is 0 Å². The molecular formula is C10H20N2. The molecule has 1 aliphatic heterocycles. The third kappa shape index (κ3) is 2.23. The SMILES string of the molecule is C/N=C1/CC(C)(C)CCCN1C. The average molecular weight is 168 g/mol. The van der Waals surface area contributed by atoms with Crippen molar-refractivity contribution in [2.75, 3.05) is 20.6 Å². The van der Waals surface area contributed by atoms with Gasteiger partial charge in [-0.2, -0.15) is 0 Å². The lowest BCUT2D eigenvalue weighted by Crippen LogP contribution is -2.27. The quantitative estimate of drug-likeness (QED) is 0.541. The van der Waals surface area contributed by atoms with Crippen molar-refractivity contribution < 1.29 is 0 Å². The van der Waals surface area contributed by atoms with Crippen LogP contribution >= 0.6 is 0 Å². The fourth-order valence-electron chi connectivity index (χ4n) is 1.82. The van der Waals surface area contributed by atoms with Crippen molar-refractivity contribution in [3.05, 3.63) is 0 Å². The van der Waals surface area contributed by atoms with Gasteiger partial charge in [-0.05, 0) is 18.3 Å². The molecule has 1 heterocycles. The molecule has 0 aromatic heterocycles. The number of hydrogen-bond acceptors (Lipinski definition) is 1. The van der Waals surface area contributed by atoms with Gasteiger partial charge in [0, 0.05) is 27.1 Å². The van der Waals surface area contributed by atoms with Gasteiger partial charge in [0.2, 0.25) is 0 Å². The maximum absolute atomic E-state index is 4.33. The zero-order chi connectivity index (χ0) is 9.19. The number of aliphatic imine (C=N–C) groups is 1. The van der Waals surface area contributed by atoms with E-state index in [0.29, 0.717) is 5.41 Å². The molecule has 0 aromatic rings. The fraction of sp³-hybridized carbons (Fsp3) is 0.900. The maximum atomic E-state index is 4.33. The van der Waals surface area contributed by atoms with Gasteiger partial charge in [-0.25, -0.2) is 0 Å². The summed E-state index contributed by atoms with van der Waals surface area (Å²) in [6.07, 6.45) is 3.74. The lowest BCUT2D eigenvalue weighted by Gasteiger charge is -2.23. The molecule has 0 radical (unpaired) electrons. The van der Waals surface area contributed by atoms with Gasteiger partial charge in [-0.3, -0.25) is 4.99 Å². The number of rotatable bonds is 0. The summed E-state index contributed by atoms with van der Waals surface area (Å²) in [7, 11) is 4.04. The number of hydrogen-bond donors (Lipinski definition) is 0. The summed E-state index contributed by atoms with van der Waals surface area (Å²) >= 11 is 0. The zero-order valence-electron chi connectivity index (χ0n) is 8.72. The molecule has 2 heteroatoms. The third-order valence-electron chi connectivity index (χ3n) is 2.68. The normalized spacial score (nSPS) is 27.3. The van der Waals surface area contributed by atoms with Gasteiger partial charge >= 0.3 is 0 Å². The minimum absolute atomic E-state index is 0.444. The molecule has 0 aliphatic carbocycles. The number of likely N-dealkylation sites (tertiary alicyclic amines) is 1. The Morgan fingerprint density at radius 3 is 2.67 bits per heavy atom. The molecule has 0 atom stereocenters. The van der Waals surface area contributed by atoms with Crippen LogP contribution in [0.1, 0.15) is 33.1 Å². The Bertz CT molecular complexity index is 182. The number of amidine groups is 1. The summed E-state index contributed by atoms with van der Waals surface area (Å²) in [4.78, 5) is 6.61. The third-order valence-corrected chi connectivity index (χ3v) is 2.68. The van der Waals surface area contributed by atoms with Crippen LogP contribution in [-0.2, 0) is 0 Å². The lowest BCUT2D eigenvalue weighted by molar-refractivity contribution is 0.350. The second-order valence-corrected chi connectivity index (χ2v) is 4.51. The predicted octanol–water partition coefficient (Wildman–Crippen LogP) is 2.16. The van der Waals surface area contributed by atoms with E-state index in [0.717, 1.165) is 13.0 Å². The Morgan fingerprint density at radius 1 is 1.42 bits per heavy atom. The van der Waals surface area contributed by atoms with E-state index in [1.165, 1.54) is 18.7 Å². The van der Waals surface area contributed by atoms with Gasteiger partial charge in [0.1, 0.15) is 0 Å². The van der Waals surface area contributed by atoms with E-state index < -0.39 is 0 Å². The molecule has 0 spiro atoms. The van der Waals surface area contributed by atoms with Crippen molar-refractivity contribution in [1.29, 1.82) is 0 Å². The summed E-state index contributed by atoms with van der Waals surface area (Å²) in [5.41, 5.74) is 0.444. The molecule has 1 aliphatic rings. The first-order valence-electron chi connectivity index (χ1n) is 4.72. The monoisotopic (exact) mass is 168 g/mol. The zero-order valence-corrected chi connectivity index (χ0v) is 8.72. The van der Waals surface area contributed by atoms with Crippen LogP contribution in [0.2, 0.25) is 0 Å². The van der Waals surface area contributed by atoms with Crippen molar-refractivity contribution >= 4 is 5.84 Å². The van der Waals surface area contributed by atoms with Gasteiger partial charge in [0.15, 0.2) is 0 Å². The highest BCUT2D eigenvalue weighted by atomic mass is 15.2. The van der Waals surface area contributed by atoms with Crippen LogP contribution in [0.4, 0.5) is 0 Å². The van der Waals surface area contributed by atoms with E-state index >= 15 is 0 Å². The highest BCUT2D eigenvalue weighted by Gasteiger charge is 2.25. The van der Waals surface area contributed by atoms with Crippen LogP contribution < -0.4 is 0 Å². The molecule has 12 heavy (non-hydrogen) atoms. The summed E-state index contributed by atoms with van der Waals surface area (Å²) in [5, 5.41) is 0. The summed E-state index contributed by atoms with van der Waals surface area (Å²) in [5.74, 6) is 1.26. The average Bonchev–Trinajstić information content (AvgIpc) is 2.10. The molecule has 0 N–H and O–H groups in total. The summed E-state index contributed by atoms with van der Waals surface area (Å²) < 4.78 is 0. The van der Waals surface area contributed by atoms with E-state index in [1.54, 1.807) is 0 Å². The minimum Gasteiger partial charge on any atom is -0.363 e. The summed E-state index contributed by atoms with van der Waals surface area (Å²) in [6.45, 7) is 5.82. The van der Waals surface area contributed by atoms with Crippen LogP contribution in [-0.4, -0.2) is 31.4 Å². The van der Waals surface area contributed by atoms with E-state index in [-0.39, 0.29) is 0 Å². The smallest absolute Gasteiger partial charge is 0.0988 e. The molecule has 70 valence electrons. The van der Waals surface area contributed by atoms with Crippen molar-refractivity contribution in [3.63, 3.8) is 0 Å². The molecule has 0 amide bonds. The van der Waals surface area contributed by atoms with Crippen LogP contribution in [0.3, 0.4) is 0 Å². The van der Waals surface area contributed by atoms with Gasteiger partial charge in [0.25, 0.3) is 0 Å². The second kappa shape index (κ2) is 3.46. The Balaban J connectivity index is 2.73. The van der Waals surface area contributed by atoms with Gasteiger partial charge in [0.05, 0.1) is 5.84 Å². The van der Waals surface area contributed by atoms with E-state index in [2.05, 4.69) is 30.8 Å². The Labute approximate surface area is 75.7 Å². The fourth-order valence-corrected chi connectivity index (χ4v) is 1.82. The largest absolute Gasteiger partial charge is 0.363 e. The molecule has 0 unspecified atom stereocenters. The highest BCUT2D eigenvalue weighted by Crippen LogP contribution is 2.30. The topological polar surface area (TPSA) is 15.6 Å². The standard InChI is InChI=1S/C10H20N2/c1-10(2)6-5-7-12(4)9(8-10)11-3/h5-8H2,1-4H3/b11-9-. The first-order valence-corrected chi connectivity index (χ1v) is 4.72. The molecular weight excluding hydrogens is 148 g/mol. The lowest BCUT2D eigenvalue weighted by atomic mass is 9.85. The predicted molar refractivity (Wildman–Crippen MR) is 53.6 cm³/mol. The molecule has 1 saturated heterocycles. The van der Waals surface area contributed by atoms with Crippen molar-refractivity contribution in [1.82, 2.24) is 4.90 Å². The first-order chi connectivity index (χ1) is 5.55. The Kier molecular flexibility index (Phi) is 2.76. The highest BCUT2D eigenvalue weighted by molar-refractivity contribution is 5.82. The minimum atomic E-state index is 0.444. The van der Waals surface area contributed by atoms with E-state index in [9.17, 15) is 0 Å². The second-order valence-electron chi connectivity index (χ2n) is 4.51. The van der Waals surface area contributed by atoms with Gasteiger partial charge in [-0.1, -0.05) is 13.8 Å².